The van der Waals surface area contributed by atoms with Crippen LogP contribution >= 0.6 is 15.9 Å². The Morgan fingerprint density at radius 1 is 1.22 bits per heavy atom. The highest BCUT2D eigenvalue weighted by atomic mass is 79.9. The van der Waals surface area contributed by atoms with Crippen LogP contribution in [0, 0.1) is 0 Å². The first-order valence-corrected chi connectivity index (χ1v) is 6.19. The topological polar surface area (TPSA) is 57.4 Å². The van der Waals surface area contributed by atoms with E-state index in [0.29, 0.717) is 24.1 Å². The fraction of sp³-hybridized carbons (Fsp3) is 0.154. The second-order valence-corrected chi connectivity index (χ2v) is 4.49. The number of nitrogens with zero attached hydrogens (tertiary/aromatic N) is 1. The third kappa shape index (κ3) is 3.00. The summed E-state index contributed by atoms with van der Waals surface area (Å²) in [5, 5.41) is 0. The van der Waals surface area contributed by atoms with E-state index in [1.165, 1.54) is 0 Å². The van der Waals surface area contributed by atoms with Crippen molar-refractivity contribution in [3.63, 3.8) is 0 Å². The van der Waals surface area contributed by atoms with Gasteiger partial charge in [0.05, 0.1) is 7.11 Å². The lowest BCUT2D eigenvalue weighted by atomic mass is 10.2. The van der Waals surface area contributed by atoms with Gasteiger partial charge in [-0.15, -0.1) is 0 Å². The summed E-state index contributed by atoms with van der Waals surface area (Å²) in [5.74, 6) is 1.69. The zero-order valence-corrected chi connectivity index (χ0v) is 11.5. The van der Waals surface area contributed by atoms with Crippen molar-refractivity contribution in [3.8, 4) is 17.5 Å². The number of rotatable bonds is 4. The number of methoxy groups -OCH3 is 1. The van der Waals surface area contributed by atoms with E-state index in [2.05, 4.69) is 20.9 Å². The fourth-order valence-electron chi connectivity index (χ4n) is 1.49. The van der Waals surface area contributed by atoms with Crippen LogP contribution in [0.4, 0.5) is 0 Å². The van der Waals surface area contributed by atoms with E-state index >= 15 is 0 Å². The Balaban J connectivity index is 2.27. The molecule has 0 fully saturated rings. The minimum absolute atomic E-state index is 0.402. The second kappa shape index (κ2) is 5.84. The van der Waals surface area contributed by atoms with Gasteiger partial charge in [0.1, 0.15) is 5.75 Å². The molecule has 18 heavy (non-hydrogen) atoms. The number of hydrogen-bond donors (Lipinski definition) is 1. The van der Waals surface area contributed by atoms with Gasteiger partial charge in [-0.25, -0.2) is 0 Å². The predicted octanol–water partition coefficient (Wildman–Crippen LogP) is 3.10. The molecule has 5 heteroatoms. The summed E-state index contributed by atoms with van der Waals surface area (Å²) in [4.78, 5) is 4.19. The standard InChI is InChI=1S/C13H13BrN2O2/c1-17-12-3-2-4-13(16-12)18-11-6-5-10(14)7-9(11)8-15/h2-7H,8,15H2,1H3. The molecular weight excluding hydrogens is 296 g/mol. The average molecular weight is 309 g/mol. The molecule has 0 saturated heterocycles. The molecule has 94 valence electrons. The van der Waals surface area contributed by atoms with Gasteiger partial charge in [0.25, 0.3) is 0 Å². The lowest BCUT2D eigenvalue weighted by Gasteiger charge is -2.10. The predicted molar refractivity (Wildman–Crippen MR) is 72.9 cm³/mol. The largest absolute Gasteiger partial charge is 0.481 e. The smallest absolute Gasteiger partial charge is 0.222 e. The monoisotopic (exact) mass is 308 g/mol. The van der Waals surface area contributed by atoms with Crippen LogP contribution in [0.15, 0.2) is 40.9 Å². The average Bonchev–Trinajstić information content (AvgIpc) is 2.41. The Labute approximate surface area is 114 Å². The first kappa shape index (κ1) is 12.9. The van der Waals surface area contributed by atoms with E-state index in [9.17, 15) is 0 Å². The normalized spacial score (nSPS) is 10.2. The molecule has 1 aromatic carbocycles. The Morgan fingerprint density at radius 3 is 2.72 bits per heavy atom. The van der Waals surface area contributed by atoms with E-state index in [-0.39, 0.29) is 0 Å². The van der Waals surface area contributed by atoms with Crippen molar-refractivity contribution in [1.82, 2.24) is 4.98 Å². The molecule has 2 N–H and O–H groups in total. The zero-order valence-electron chi connectivity index (χ0n) is 9.89. The van der Waals surface area contributed by atoms with Crippen molar-refractivity contribution in [3.05, 3.63) is 46.4 Å². The van der Waals surface area contributed by atoms with Gasteiger partial charge in [0.15, 0.2) is 0 Å². The summed E-state index contributed by atoms with van der Waals surface area (Å²) in [6.45, 7) is 0.402. The van der Waals surface area contributed by atoms with Gasteiger partial charge in [-0.1, -0.05) is 22.0 Å². The third-order valence-corrected chi connectivity index (χ3v) is 2.86. The number of nitrogens with two attached hydrogens (primary N) is 1. The van der Waals surface area contributed by atoms with Gasteiger partial charge in [0, 0.05) is 28.7 Å². The summed E-state index contributed by atoms with van der Waals surface area (Å²) in [6, 6.07) is 11.0. The highest BCUT2D eigenvalue weighted by Gasteiger charge is 2.06. The van der Waals surface area contributed by atoms with E-state index in [0.717, 1.165) is 10.0 Å². The molecule has 0 atom stereocenters. The maximum Gasteiger partial charge on any atom is 0.222 e. The molecule has 0 spiro atoms. The first-order valence-electron chi connectivity index (χ1n) is 5.40. The fourth-order valence-corrected chi connectivity index (χ4v) is 1.89. The number of halogens is 1. The van der Waals surface area contributed by atoms with Crippen molar-refractivity contribution in [2.75, 3.05) is 7.11 Å². The minimum Gasteiger partial charge on any atom is -0.481 e. The van der Waals surface area contributed by atoms with Gasteiger partial charge in [0.2, 0.25) is 11.8 Å². The molecule has 0 aliphatic heterocycles. The number of hydrogen-bond acceptors (Lipinski definition) is 4. The molecule has 0 radical (unpaired) electrons. The highest BCUT2D eigenvalue weighted by molar-refractivity contribution is 9.10. The molecule has 0 aliphatic rings. The van der Waals surface area contributed by atoms with Crippen LogP contribution in [0.25, 0.3) is 0 Å². The Kier molecular flexibility index (Phi) is 4.17. The lowest BCUT2D eigenvalue weighted by molar-refractivity contribution is 0.382. The van der Waals surface area contributed by atoms with Crippen LogP contribution in [-0.2, 0) is 6.54 Å². The Morgan fingerprint density at radius 2 is 2.00 bits per heavy atom. The quantitative estimate of drug-likeness (QED) is 0.943. The number of benzene rings is 1. The van der Waals surface area contributed by atoms with Crippen LogP contribution in [0.3, 0.4) is 0 Å². The Hall–Kier alpha value is -1.59. The second-order valence-electron chi connectivity index (χ2n) is 3.58. The molecule has 0 saturated carbocycles. The molecule has 1 aromatic heterocycles. The molecule has 0 aliphatic carbocycles. The van der Waals surface area contributed by atoms with Crippen molar-refractivity contribution < 1.29 is 9.47 Å². The lowest BCUT2D eigenvalue weighted by Crippen LogP contribution is -2.00. The maximum absolute atomic E-state index is 5.71. The summed E-state index contributed by atoms with van der Waals surface area (Å²) in [5.41, 5.74) is 6.59. The van der Waals surface area contributed by atoms with Gasteiger partial charge < -0.3 is 15.2 Å². The highest BCUT2D eigenvalue weighted by Crippen LogP contribution is 2.27. The summed E-state index contributed by atoms with van der Waals surface area (Å²) in [7, 11) is 1.57. The zero-order chi connectivity index (χ0) is 13.0. The van der Waals surface area contributed by atoms with Crippen molar-refractivity contribution in [1.29, 1.82) is 0 Å². The van der Waals surface area contributed by atoms with Crippen LogP contribution in [0.2, 0.25) is 0 Å². The van der Waals surface area contributed by atoms with Gasteiger partial charge >= 0.3 is 0 Å². The van der Waals surface area contributed by atoms with Crippen LogP contribution in [0.5, 0.6) is 17.5 Å². The van der Waals surface area contributed by atoms with Crippen molar-refractivity contribution in [2.45, 2.75) is 6.54 Å². The number of ether oxygens (including phenoxy) is 2. The summed E-state index contributed by atoms with van der Waals surface area (Å²) >= 11 is 3.40. The molecule has 4 nitrogen and oxygen atoms in total. The summed E-state index contributed by atoms with van der Waals surface area (Å²) in [6.07, 6.45) is 0. The van der Waals surface area contributed by atoms with E-state index < -0.39 is 0 Å². The molecule has 0 unspecified atom stereocenters. The van der Waals surface area contributed by atoms with Crippen LogP contribution in [0.1, 0.15) is 5.56 Å². The van der Waals surface area contributed by atoms with Gasteiger partial charge in [-0.3, -0.25) is 0 Å². The number of pyridine rings is 1. The number of aromatic nitrogens is 1. The Bertz CT molecular complexity index is 546. The first-order chi connectivity index (χ1) is 8.72. The van der Waals surface area contributed by atoms with Crippen LogP contribution < -0.4 is 15.2 Å². The van der Waals surface area contributed by atoms with Gasteiger partial charge in [-0.05, 0) is 18.2 Å². The van der Waals surface area contributed by atoms with Crippen LogP contribution in [-0.4, -0.2) is 12.1 Å². The van der Waals surface area contributed by atoms with Crippen molar-refractivity contribution in [2.24, 2.45) is 5.73 Å². The SMILES string of the molecule is COc1cccc(Oc2ccc(Br)cc2CN)n1. The molecule has 0 bridgehead atoms. The molecule has 0 amide bonds. The van der Waals surface area contributed by atoms with E-state index in [1.807, 2.05) is 24.3 Å². The molecule has 2 rings (SSSR count). The molecular formula is C13H13BrN2O2. The third-order valence-electron chi connectivity index (χ3n) is 2.36. The molecule has 2 aromatic rings. The minimum atomic E-state index is 0.402. The van der Waals surface area contributed by atoms with E-state index in [4.69, 9.17) is 15.2 Å². The van der Waals surface area contributed by atoms with Crippen molar-refractivity contribution >= 4 is 15.9 Å². The van der Waals surface area contributed by atoms with Gasteiger partial charge in [-0.2, -0.15) is 4.98 Å². The maximum atomic E-state index is 5.71. The van der Waals surface area contributed by atoms with E-state index in [1.54, 1.807) is 19.2 Å². The molecule has 1 heterocycles. The summed E-state index contributed by atoms with van der Waals surface area (Å²) < 4.78 is 11.7.